The summed E-state index contributed by atoms with van der Waals surface area (Å²) in [5, 5.41) is 0. The number of hydrogen-bond acceptors (Lipinski definition) is 3. The Bertz CT molecular complexity index is 102. The van der Waals surface area contributed by atoms with Gasteiger partial charge in [-0.2, -0.15) is 4.39 Å². The molecule has 0 amide bonds. The summed E-state index contributed by atoms with van der Waals surface area (Å²) in [4.78, 5) is 9.98. The average molecular weight is 120 g/mol. The molecular formula is C4H5FO3. The van der Waals surface area contributed by atoms with E-state index in [1.165, 1.54) is 6.92 Å². The highest BCUT2D eigenvalue weighted by Gasteiger charge is 2.32. The zero-order valence-electron chi connectivity index (χ0n) is 4.26. The number of halogens is 1. The van der Waals surface area contributed by atoms with E-state index in [4.69, 9.17) is 0 Å². The quantitative estimate of drug-likeness (QED) is 0.444. The van der Waals surface area contributed by atoms with E-state index >= 15 is 0 Å². The third-order valence-electron chi connectivity index (χ3n) is 0.860. The van der Waals surface area contributed by atoms with Gasteiger partial charge in [0.1, 0.15) is 0 Å². The molecule has 1 fully saturated rings. The number of ether oxygens (including phenoxy) is 2. The fourth-order valence-electron chi connectivity index (χ4n) is 0.421. The van der Waals surface area contributed by atoms with Crippen molar-refractivity contribution in [3.05, 3.63) is 0 Å². The van der Waals surface area contributed by atoms with Crippen LogP contribution in [-0.2, 0) is 9.47 Å². The van der Waals surface area contributed by atoms with Gasteiger partial charge in [-0.15, -0.1) is 0 Å². The second kappa shape index (κ2) is 1.61. The second-order valence-corrected chi connectivity index (χ2v) is 1.54. The van der Waals surface area contributed by atoms with Crippen LogP contribution in [-0.4, -0.2) is 18.6 Å². The first-order chi connectivity index (χ1) is 3.70. The van der Waals surface area contributed by atoms with E-state index in [1.807, 2.05) is 0 Å². The van der Waals surface area contributed by atoms with E-state index in [0.29, 0.717) is 0 Å². The molecule has 0 unspecified atom stereocenters. The average Bonchev–Trinajstić information content (AvgIpc) is 1.85. The Morgan fingerprint density at radius 1 is 1.62 bits per heavy atom. The van der Waals surface area contributed by atoms with Crippen LogP contribution in [0.4, 0.5) is 9.18 Å². The van der Waals surface area contributed by atoms with Gasteiger partial charge in [-0.05, 0) is 6.92 Å². The molecular weight excluding hydrogens is 115 g/mol. The molecule has 0 bridgehead atoms. The molecule has 1 aliphatic rings. The number of carbonyl (C=O) groups excluding carboxylic acids is 1. The van der Waals surface area contributed by atoms with Gasteiger partial charge in [-0.3, -0.25) is 0 Å². The van der Waals surface area contributed by atoms with Gasteiger partial charge in [0.25, 0.3) is 6.36 Å². The van der Waals surface area contributed by atoms with Gasteiger partial charge in [-0.25, -0.2) is 4.79 Å². The molecule has 1 saturated heterocycles. The molecule has 4 heteroatoms. The van der Waals surface area contributed by atoms with Crippen LogP contribution in [0.3, 0.4) is 0 Å². The lowest BCUT2D eigenvalue weighted by Gasteiger charge is -1.96. The maximum atomic E-state index is 12.0. The van der Waals surface area contributed by atoms with Crippen molar-refractivity contribution < 1.29 is 18.7 Å². The number of carbonyl (C=O) groups is 1. The van der Waals surface area contributed by atoms with E-state index in [2.05, 4.69) is 9.47 Å². The highest BCUT2D eigenvalue weighted by atomic mass is 19.1. The molecule has 1 heterocycles. The molecule has 1 rings (SSSR count). The summed E-state index contributed by atoms with van der Waals surface area (Å²) < 4.78 is 20.2. The predicted octanol–water partition coefficient (Wildman–Crippen LogP) is 0.837. The summed E-state index contributed by atoms with van der Waals surface area (Å²) in [6.45, 7) is 1.43. The zero-order valence-corrected chi connectivity index (χ0v) is 4.26. The van der Waals surface area contributed by atoms with Crippen LogP contribution >= 0.6 is 0 Å². The van der Waals surface area contributed by atoms with Crippen LogP contribution in [0.5, 0.6) is 0 Å². The molecule has 8 heavy (non-hydrogen) atoms. The van der Waals surface area contributed by atoms with Crippen molar-refractivity contribution >= 4 is 6.16 Å². The monoisotopic (exact) mass is 120 g/mol. The predicted molar refractivity (Wildman–Crippen MR) is 21.9 cm³/mol. The molecule has 2 atom stereocenters. The summed E-state index contributed by atoms with van der Waals surface area (Å²) in [7, 11) is 0. The Morgan fingerprint density at radius 3 is 2.38 bits per heavy atom. The van der Waals surface area contributed by atoms with Crippen LogP contribution < -0.4 is 0 Å². The van der Waals surface area contributed by atoms with Crippen LogP contribution in [0.2, 0.25) is 0 Å². The van der Waals surface area contributed by atoms with Crippen LogP contribution in [0.15, 0.2) is 0 Å². The molecule has 0 spiro atoms. The van der Waals surface area contributed by atoms with Gasteiger partial charge < -0.3 is 9.47 Å². The van der Waals surface area contributed by atoms with Gasteiger partial charge in [0.2, 0.25) is 0 Å². The minimum atomic E-state index is -1.58. The topological polar surface area (TPSA) is 35.5 Å². The Balaban J connectivity index is 2.51. The van der Waals surface area contributed by atoms with Gasteiger partial charge in [0.05, 0.1) is 0 Å². The van der Waals surface area contributed by atoms with Gasteiger partial charge >= 0.3 is 6.16 Å². The molecule has 1 aliphatic heterocycles. The van der Waals surface area contributed by atoms with Crippen molar-refractivity contribution in [1.82, 2.24) is 0 Å². The summed E-state index contributed by atoms with van der Waals surface area (Å²) in [6, 6.07) is 0. The van der Waals surface area contributed by atoms with E-state index in [9.17, 15) is 9.18 Å². The van der Waals surface area contributed by atoms with E-state index in [0.717, 1.165) is 0 Å². The molecule has 0 radical (unpaired) electrons. The van der Waals surface area contributed by atoms with Crippen molar-refractivity contribution in [3.63, 3.8) is 0 Å². The third-order valence-corrected chi connectivity index (χ3v) is 0.860. The molecule has 3 nitrogen and oxygen atoms in total. The first-order valence-electron chi connectivity index (χ1n) is 2.21. The van der Waals surface area contributed by atoms with Crippen molar-refractivity contribution in [3.8, 4) is 0 Å². The van der Waals surface area contributed by atoms with Crippen LogP contribution in [0, 0.1) is 0 Å². The lowest BCUT2D eigenvalue weighted by Crippen LogP contribution is -2.11. The Labute approximate surface area is 45.4 Å². The minimum Gasteiger partial charge on any atom is -0.424 e. The Kier molecular flexibility index (Phi) is 1.08. The van der Waals surface area contributed by atoms with Crippen LogP contribution in [0.25, 0.3) is 0 Å². The fraction of sp³-hybridized carbons (Fsp3) is 0.750. The third kappa shape index (κ3) is 0.731. The maximum absolute atomic E-state index is 12.0. The summed E-state index contributed by atoms with van der Waals surface area (Å²) >= 11 is 0. The highest BCUT2D eigenvalue weighted by molar-refractivity contribution is 5.62. The normalized spacial score (nSPS) is 36.5. The van der Waals surface area contributed by atoms with E-state index < -0.39 is 18.6 Å². The lowest BCUT2D eigenvalue weighted by atomic mass is 10.4. The van der Waals surface area contributed by atoms with Gasteiger partial charge in [-0.1, -0.05) is 0 Å². The molecule has 46 valence electrons. The van der Waals surface area contributed by atoms with E-state index in [1.54, 1.807) is 0 Å². The number of rotatable bonds is 0. The van der Waals surface area contributed by atoms with Crippen LogP contribution in [0.1, 0.15) is 6.92 Å². The molecule has 0 aromatic carbocycles. The smallest absolute Gasteiger partial charge is 0.424 e. The first kappa shape index (κ1) is 5.34. The molecule has 0 aromatic rings. The van der Waals surface area contributed by atoms with Gasteiger partial charge in [0.15, 0.2) is 6.10 Å². The SMILES string of the molecule is C[C@@H]1OC(=O)O[C@H]1F. The molecule has 0 aliphatic carbocycles. The summed E-state index contributed by atoms with van der Waals surface area (Å²) in [5.74, 6) is 0. The van der Waals surface area contributed by atoms with Crippen molar-refractivity contribution in [2.45, 2.75) is 19.4 Å². The first-order valence-corrected chi connectivity index (χ1v) is 2.21. The number of cyclic esters (lactones) is 2. The summed E-state index contributed by atoms with van der Waals surface area (Å²) in [5.41, 5.74) is 0. The number of hydrogen-bond donors (Lipinski definition) is 0. The van der Waals surface area contributed by atoms with Gasteiger partial charge in [0, 0.05) is 0 Å². The largest absolute Gasteiger partial charge is 0.511 e. The van der Waals surface area contributed by atoms with E-state index in [-0.39, 0.29) is 0 Å². The van der Waals surface area contributed by atoms with Crippen molar-refractivity contribution in [2.24, 2.45) is 0 Å². The fourth-order valence-corrected chi connectivity index (χ4v) is 0.421. The van der Waals surface area contributed by atoms with Crippen molar-refractivity contribution in [2.75, 3.05) is 0 Å². The van der Waals surface area contributed by atoms with Crippen molar-refractivity contribution in [1.29, 1.82) is 0 Å². The summed E-state index contributed by atoms with van der Waals surface area (Å²) in [6.07, 6.45) is -3.25. The lowest BCUT2D eigenvalue weighted by molar-refractivity contribution is 0.0374. The minimum absolute atomic E-state index is 0.748. The Hall–Kier alpha value is -0.800. The number of alkyl halides is 1. The molecule has 0 N–H and O–H groups in total. The Morgan fingerprint density at radius 2 is 2.25 bits per heavy atom. The second-order valence-electron chi connectivity index (χ2n) is 1.54. The standard InChI is InChI=1S/C4H5FO3/c1-2-3(5)8-4(6)7-2/h2-3H,1H3/t2-,3+/m0/s1. The maximum Gasteiger partial charge on any atom is 0.511 e. The highest BCUT2D eigenvalue weighted by Crippen LogP contribution is 2.14. The molecule has 0 aromatic heterocycles. The zero-order chi connectivity index (χ0) is 6.15. The molecule has 0 saturated carbocycles.